The molecule has 18 heavy (non-hydrogen) atoms. The molecule has 0 aromatic heterocycles. The van der Waals surface area contributed by atoms with Gasteiger partial charge in [-0.05, 0) is 31.2 Å². The Balaban J connectivity index is 2.52. The summed E-state index contributed by atoms with van der Waals surface area (Å²) in [7, 11) is 1.78. The Kier molecular flexibility index (Phi) is 6.39. The fourth-order valence-electron chi connectivity index (χ4n) is 1.57. The summed E-state index contributed by atoms with van der Waals surface area (Å²) in [4.78, 5) is 11.4. The minimum Gasteiger partial charge on any atom is -0.427 e. The van der Waals surface area contributed by atoms with Crippen LogP contribution in [0.5, 0.6) is 5.75 Å². The van der Waals surface area contributed by atoms with E-state index in [1.54, 1.807) is 31.3 Å². The number of unbranched alkanes of at least 4 members (excludes halogenated alkanes) is 1. The van der Waals surface area contributed by atoms with Crippen molar-refractivity contribution in [2.45, 2.75) is 32.3 Å². The van der Waals surface area contributed by atoms with Gasteiger partial charge in [-0.2, -0.15) is 0 Å². The number of carbonyl (C=O) groups excluding carboxylic acids is 1. The molecule has 4 heteroatoms. The molecule has 0 aliphatic rings. The summed E-state index contributed by atoms with van der Waals surface area (Å²) in [5.41, 5.74) is 0.803. The van der Waals surface area contributed by atoms with E-state index in [0.29, 0.717) is 18.7 Å². The zero-order chi connectivity index (χ0) is 13.4. The van der Waals surface area contributed by atoms with Crippen molar-refractivity contribution >= 4 is 5.97 Å². The second kappa shape index (κ2) is 7.84. The predicted molar refractivity (Wildman–Crippen MR) is 70.5 cm³/mol. The molecular weight excluding hydrogens is 230 g/mol. The van der Waals surface area contributed by atoms with Gasteiger partial charge in [-0.3, -0.25) is 4.79 Å². The molecule has 0 radical (unpaired) electrons. The van der Waals surface area contributed by atoms with E-state index in [0.717, 1.165) is 18.4 Å². The Bertz CT molecular complexity index is 362. The fraction of sp³-hybridized carbons (Fsp3) is 0.500. The summed E-state index contributed by atoms with van der Waals surface area (Å²) in [6.07, 6.45) is 1.72. The number of benzene rings is 1. The van der Waals surface area contributed by atoms with Crippen molar-refractivity contribution in [2.75, 3.05) is 13.6 Å². The van der Waals surface area contributed by atoms with Crippen LogP contribution in [0.2, 0.25) is 0 Å². The van der Waals surface area contributed by atoms with Gasteiger partial charge in [0.15, 0.2) is 0 Å². The van der Waals surface area contributed by atoms with Crippen molar-refractivity contribution in [1.29, 1.82) is 0 Å². The van der Waals surface area contributed by atoms with Crippen molar-refractivity contribution in [3.05, 3.63) is 29.8 Å². The largest absolute Gasteiger partial charge is 0.427 e. The molecule has 1 atom stereocenters. The van der Waals surface area contributed by atoms with Gasteiger partial charge in [-0.15, -0.1) is 0 Å². The monoisotopic (exact) mass is 251 g/mol. The minimum atomic E-state index is -0.542. The highest BCUT2D eigenvalue weighted by molar-refractivity contribution is 5.72. The first-order valence-electron chi connectivity index (χ1n) is 6.30. The smallest absolute Gasteiger partial charge is 0.311 e. The fourth-order valence-corrected chi connectivity index (χ4v) is 1.57. The van der Waals surface area contributed by atoms with E-state index in [9.17, 15) is 9.90 Å². The first-order chi connectivity index (χ1) is 8.67. The maximum absolute atomic E-state index is 11.4. The summed E-state index contributed by atoms with van der Waals surface area (Å²) >= 11 is 0. The number of nitrogens with one attached hydrogen (secondary N) is 1. The minimum absolute atomic E-state index is 0.208. The average molecular weight is 251 g/mol. The van der Waals surface area contributed by atoms with Crippen molar-refractivity contribution in [1.82, 2.24) is 5.32 Å². The molecule has 1 unspecified atom stereocenters. The molecule has 0 heterocycles. The third-order valence-corrected chi connectivity index (χ3v) is 2.63. The van der Waals surface area contributed by atoms with Gasteiger partial charge < -0.3 is 15.2 Å². The van der Waals surface area contributed by atoms with Crippen LogP contribution < -0.4 is 10.1 Å². The van der Waals surface area contributed by atoms with Crippen molar-refractivity contribution in [2.24, 2.45) is 0 Å². The quantitative estimate of drug-likeness (QED) is 0.575. The van der Waals surface area contributed by atoms with E-state index in [1.807, 2.05) is 6.92 Å². The van der Waals surface area contributed by atoms with E-state index in [-0.39, 0.29) is 5.97 Å². The highest BCUT2D eigenvalue weighted by Gasteiger charge is 2.07. The van der Waals surface area contributed by atoms with Gasteiger partial charge in [0.05, 0.1) is 6.10 Å². The summed E-state index contributed by atoms with van der Waals surface area (Å²) in [5.74, 6) is 0.317. The molecule has 0 saturated carbocycles. The first-order valence-corrected chi connectivity index (χ1v) is 6.30. The second-order valence-electron chi connectivity index (χ2n) is 4.22. The topological polar surface area (TPSA) is 58.6 Å². The normalized spacial score (nSPS) is 12.2. The van der Waals surface area contributed by atoms with Crippen LogP contribution in [0.4, 0.5) is 0 Å². The number of esters is 1. The van der Waals surface area contributed by atoms with Crippen molar-refractivity contribution in [3.8, 4) is 5.75 Å². The predicted octanol–water partition coefficient (Wildman–Crippen LogP) is 2.03. The van der Waals surface area contributed by atoms with Crippen LogP contribution in [0.1, 0.15) is 37.9 Å². The van der Waals surface area contributed by atoms with Gasteiger partial charge in [0, 0.05) is 13.0 Å². The number of aliphatic hydroxyl groups excluding tert-OH is 1. The zero-order valence-electron chi connectivity index (χ0n) is 11.0. The average Bonchev–Trinajstić information content (AvgIpc) is 2.37. The molecule has 2 N–H and O–H groups in total. The van der Waals surface area contributed by atoms with E-state index in [2.05, 4.69) is 5.32 Å². The van der Waals surface area contributed by atoms with Gasteiger partial charge >= 0.3 is 5.97 Å². The summed E-state index contributed by atoms with van der Waals surface area (Å²) < 4.78 is 5.17. The van der Waals surface area contributed by atoms with Gasteiger partial charge in [-0.25, -0.2) is 0 Å². The number of aliphatic hydroxyl groups is 1. The summed E-state index contributed by atoms with van der Waals surface area (Å²) in [6, 6.07) is 6.95. The molecule has 0 saturated heterocycles. The number of rotatable bonds is 7. The number of likely N-dealkylation sites (N-methyl/N-ethyl adjacent to an activating group) is 1. The van der Waals surface area contributed by atoms with Crippen LogP contribution in [-0.2, 0) is 4.79 Å². The number of ether oxygens (including phenoxy) is 1. The number of hydrogen-bond donors (Lipinski definition) is 2. The second-order valence-corrected chi connectivity index (χ2v) is 4.22. The third kappa shape index (κ3) is 4.85. The lowest BCUT2D eigenvalue weighted by atomic mass is 10.1. The molecule has 1 aromatic rings. The third-order valence-electron chi connectivity index (χ3n) is 2.63. The van der Waals surface area contributed by atoms with Crippen LogP contribution in [-0.4, -0.2) is 24.7 Å². The lowest BCUT2D eigenvalue weighted by Gasteiger charge is -2.11. The lowest BCUT2D eigenvalue weighted by molar-refractivity contribution is -0.134. The number of hydrogen-bond acceptors (Lipinski definition) is 4. The van der Waals surface area contributed by atoms with Crippen LogP contribution >= 0.6 is 0 Å². The van der Waals surface area contributed by atoms with Gasteiger partial charge in [0.2, 0.25) is 0 Å². The van der Waals surface area contributed by atoms with Crippen molar-refractivity contribution < 1.29 is 14.6 Å². The lowest BCUT2D eigenvalue weighted by Crippen LogP contribution is -2.16. The van der Waals surface area contributed by atoms with E-state index in [1.165, 1.54) is 0 Å². The summed E-state index contributed by atoms with van der Waals surface area (Å²) in [6.45, 7) is 2.53. The maximum atomic E-state index is 11.4. The highest BCUT2D eigenvalue weighted by Crippen LogP contribution is 2.18. The van der Waals surface area contributed by atoms with E-state index >= 15 is 0 Å². The Morgan fingerprint density at radius 3 is 2.61 bits per heavy atom. The van der Waals surface area contributed by atoms with Crippen molar-refractivity contribution in [3.63, 3.8) is 0 Å². The van der Waals surface area contributed by atoms with E-state index in [4.69, 9.17) is 4.74 Å². The summed E-state index contributed by atoms with van der Waals surface area (Å²) in [5, 5.41) is 12.6. The Morgan fingerprint density at radius 2 is 2.06 bits per heavy atom. The molecule has 0 fully saturated rings. The SMILES string of the molecule is CCCCC(=O)Oc1ccc(C(O)CNC)cc1. The molecule has 0 aliphatic heterocycles. The van der Waals surface area contributed by atoms with E-state index < -0.39 is 6.10 Å². The number of carbonyl (C=O) groups is 1. The molecule has 0 bridgehead atoms. The molecule has 1 aromatic carbocycles. The van der Waals surface area contributed by atoms with Crippen LogP contribution in [0.25, 0.3) is 0 Å². The first kappa shape index (κ1) is 14.7. The molecule has 4 nitrogen and oxygen atoms in total. The molecule has 100 valence electrons. The molecule has 0 aliphatic carbocycles. The highest BCUT2D eigenvalue weighted by atomic mass is 16.5. The molecule has 1 rings (SSSR count). The zero-order valence-corrected chi connectivity index (χ0v) is 11.0. The van der Waals surface area contributed by atoms with Gasteiger partial charge in [0.25, 0.3) is 0 Å². The van der Waals surface area contributed by atoms with Crippen LogP contribution in [0.15, 0.2) is 24.3 Å². The molecule has 0 amide bonds. The Hall–Kier alpha value is -1.39. The Morgan fingerprint density at radius 1 is 1.39 bits per heavy atom. The molecular formula is C14H21NO3. The standard InChI is InChI=1S/C14H21NO3/c1-3-4-5-14(17)18-12-8-6-11(7-9-12)13(16)10-15-2/h6-9,13,15-16H,3-5,10H2,1-2H3. The van der Waals surface area contributed by atoms with Gasteiger partial charge in [-0.1, -0.05) is 25.5 Å². The van der Waals surface area contributed by atoms with Crippen LogP contribution in [0, 0.1) is 0 Å². The Labute approximate surface area is 108 Å². The maximum Gasteiger partial charge on any atom is 0.311 e. The van der Waals surface area contributed by atoms with Gasteiger partial charge in [0.1, 0.15) is 5.75 Å². The van der Waals surface area contributed by atoms with Crippen LogP contribution in [0.3, 0.4) is 0 Å². The molecule has 0 spiro atoms.